The molecule has 1 aliphatic heterocycles. The summed E-state index contributed by atoms with van der Waals surface area (Å²) in [7, 11) is 0. The highest BCUT2D eigenvalue weighted by atomic mass is 32.2. The summed E-state index contributed by atoms with van der Waals surface area (Å²) < 4.78 is 11.2. The maximum atomic E-state index is 12.6. The van der Waals surface area contributed by atoms with E-state index in [0.29, 0.717) is 40.8 Å². The van der Waals surface area contributed by atoms with Gasteiger partial charge in [0.25, 0.3) is 0 Å². The van der Waals surface area contributed by atoms with Crippen molar-refractivity contribution in [2.24, 2.45) is 0 Å². The number of nitrogens with zero attached hydrogens (tertiary/aromatic N) is 2. The van der Waals surface area contributed by atoms with E-state index in [0.717, 1.165) is 28.6 Å². The van der Waals surface area contributed by atoms with E-state index in [1.165, 1.54) is 11.8 Å². The molecular weight excluding hydrogens is 398 g/mol. The molecule has 4 rings (SSSR count). The number of nitriles is 1. The van der Waals surface area contributed by atoms with Gasteiger partial charge < -0.3 is 14.8 Å². The fourth-order valence-corrected chi connectivity index (χ4v) is 4.16. The lowest BCUT2D eigenvalue weighted by molar-refractivity contribution is -0.113. The van der Waals surface area contributed by atoms with E-state index >= 15 is 0 Å². The molecule has 0 radical (unpaired) electrons. The highest BCUT2D eigenvalue weighted by Gasteiger charge is 2.16. The lowest BCUT2D eigenvalue weighted by Gasteiger charge is -2.19. The van der Waals surface area contributed by atoms with Crippen LogP contribution in [0.1, 0.15) is 23.6 Å². The van der Waals surface area contributed by atoms with E-state index < -0.39 is 0 Å². The summed E-state index contributed by atoms with van der Waals surface area (Å²) in [5, 5.41) is 13.9. The molecule has 1 aliphatic rings. The number of aromatic nitrogens is 1. The Bertz CT molecular complexity index is 1170. The SMILES string of the molecule is CCc1cccc(C)c1NC(=O)CSc1nc2cc3c(cc2cc1C#N)OCCO3. The molecule has 0 unspecified atom stereocenters. The Morgan fingerprint density at radius 1 is 1.23 bits per heavy atom. The molecule has 0 spiro atoms. The summed E-state index contributed by atoms with van der Waals surface area (Å²) in [5.41, 5.74) is 4.12. The third-order valence-electron chi connectivity index (χ3n) is 4.91. The number of carbonyl (C=O) groups is 1. The van der Waals surface area contributed by atoms with Gasteiger partial charge in [0.1, 0.15) is 24.3 Å². The maximum Gasteiger partial charge on any atom is 0.234 e. The van der Waals surface area contributed by atoms with Crippen molar-refractivity contribution in [2.75, 3.05) is 24.3 Å². The van der Waals surface area contributed by atoms with Gasteiger partial charge in [-0.2, -0.15) is 5.26 Å². The molecule has 1 amide bonds. The van der Waals surface area contributed by atoms with Crippen molar-refractivity contribution in [1.29, 1.82) is 5.26 Å². The van der Waals surface area contributed by atoms with Gasteiger partial charge in [0, 0.05) is 17.1 Å². The van der Waals surface area contributed by atoms with Crippen LogP contribution >= 0.6 is 11.8 Å². The van der Waals surface area contributed by atoms with Crippen LogP contribution in [-0.4, -0.2) is 29.9 Å². The van der Waals surface area contributed by atoms with Crippen molar-refractivity contribution < 1.29 is 14.3 Å². The van der Waals surface area contributed by atoms with Crippen LogP contribution in [0.15, 0.2) is 41.4 Å². The highest BCUT2D eigenvalue weighted by molar-refractivity contribution is 8.00. The molecule has 3 aromatic rings. The molecule has 2 aromatic carbocycles. The van der Waals surface area contributed by atoms with E-state index in [1.54, 1.807) is 6.07 Å². The minimum atomic E-state index is -0.128. The standard InChI is InChI=1S/C23H21N3O3S/c1-3-15-6-4-5-14(2)22(15)26-21(27)13-30-23-17(12-24)9-16-10-19-20(11-18(16)25-23)29-8-7-28-19/h4-6,9-11H,3,7-8,13H2,1-2H3,(H,26,27). The third-order valence-corrected chi connectivity index (χ3v) is 5.90. The predicted octanol–water partition coefficient (Wildman–Crippen LogP) is 4.48. The topological polar surface area (TPSA) is 84.2 Å². The maximum absolute atomic E-state index is 12.6. The number of anilines is 1. The zero-order valence-electron chi connectivity index (χ0n) is 16.8. The Morgan fingerprint density at radius 3 is 2.73 bits per heavy atom. The molecule has 7 heteroatoms. The van der Waals surface area contributed by atoms with Gasteiger partial charge in [0.05, 0.1) is 16.8 Å². The molecule has 2 heterocycles. The van der Waals surface area contributed by atoms with E-state index in [1.807, 2.05) is 37.3 Å². The van der Waals surface area contributed by atoms with E-state index in [-0.39, 0.29) is 11.7 Å². The largest absolute Gasteiger partial charge is 0.486 e. The summed E-state index contributed by atoms with van der Waals surface area (Å²) in [5.74, 6) is 1.34. The number of para-hydroxylation sites is 1. The van der Waals surface area contributed by atoms with Crippen LogP contribution in [0.4, 0.5) is 5.69 Å². The third kappa shape index (κ3) is 4.05. The molecule has 0 atom stereocenters. The van der Waals surface area contributed by atoms with E-state index in [9.17, 15) is 10.1 Å². The zero-order chi connectivity index (χ0) is 21.1. The molecule has 0 fully saturated rings. The first-order valence-corrected chi connectivity index (χ1v) is 10.7. The smallest absolute Gasteiger partial charge is 0.234 e. The van der Waals surface area contributed by atoms with Crippen LogP contribution in [0.25, 0.3) is 10.9 Å². The molecular formula is C23H21N3O3S. The quantitative estimate of drug-likeness (QED) is 0.614. The summed E-state index contributed by atoms with van der Waals surface area (Å²) in [6.45, 7) is 5.04. The number of hydrogen-bond acceptors (Lipinski definition) is 6. The van der Waals surface area contributed by atoms with Gasteiger partial charge in [-0.25, -0.2) is 4.98 Å². The number of fused-ring (bicyclic) bond motifs is 2. The van der Waals surface area contributed by atoms with Gasteiger partial charge in [-0.15, -0.1) is 0 Å². The van der Waals surface area contributed by atoms with Gasteiger partial charge in [-0.05, 0) is 36.6 Å². The fourth-order valence-electron chi connectivity index (χ4n) is 3.39. The van der Waals surface area contributed by atoms with Gasteiger partial charge in [0.2, 0.25) is 5.91 Å². The summed E-state index contributed by atoms with van der Waals surface area (Å²) in [6.07, 6.45) is 0.839. The van der Waals surface area contributed by atoms with Crippen LogP contribution in [0.5, 0.6) is 11.5 Å². The average molecular weight is 420 g/mol. The number of aryl methyl sites for hydroxylation is 2. The van der Waals surface area contributed by atoms with Crippen molar-refractivity contribution >= 4 is 34.3 Å². The van der Waals surface area contributed by atoms with Gasteiger partial charge >= 0.3 is 0 Å². The number of rotatable bonds is 5. The Labute approximate surface area is 179 Å². The van der Waals surface area contributed by atoms with Crippen LogP contribution in [-0.2, 0) is 11.2 Å². The molecule has 0 bridgehead atoms. The number of carbonyl (C=O) groups excluding carboxylic acids is 1. The second-order valence-electron chi connectivity index (χ2n) is 6.94. The zero-order valence-corrected chi connectivity index (χ0v) is 17.6. The first kappa shape index (κ1) is 20.0. The van der Waals surface area contributed by atoms with E-state index in [4.69, 9.17) is 9.47 Å². The van der Waals surface area contributed by atoms with Crippen molar-refractivity contribution in [2.45, 2.75) is 25.3 Å². The number of nitrogens with one attached hydrogen (secondary N) is 1. The molecule has 1 N–H and O–H groups in total. The second kappa shape index (κ2) is 8.64. The van der Waals surface area contributed by atoms with Crippen molar-refractivity contribution in [3.63, 3.8) is 0 Å². The monoisotopic (exact) mass is 419 g/mol. The van der Waals surface area contributed by atoms with Crippen molar-refractivity contribution in [1.82, 2.24) is 4.98 Å². The number of thioether (sulfide) groups is 1. The molecule has 0 aliphatic carbocycles. The first-order valence-electron chi connectivity index (χ1n) is 9.74. The first-order chi connectivity index (χ1) is 14.6. The normalized spacial score (nSPS) is 12.4. The molecule has 30 heavy (non-hydrogen) atoms. The van der Waals surface area contributed by atoms with Gasteiger partial charge in [0.15, 0.2) is 11.5 Å². The minimum Gasteiger partial charge on any atom is -0.486 e. The molecule has 6 nitrogen and oxygen atoms in total. The highest BCUT2D eigenvalue weighted by Crippen LogP contribution is 2.35. The summed E-state index contributed by atoms with van der Waals surface area (Å²) in [6, 6.07) is 13.6. The van der Waals surface area contributed by atoms with Crippen LogP contribution in [0, 0.1) is 18.3 Å². The second-order valence-corrected chi connectivity index (χ2v) is 7.90. The van der Waals surface area contributed by atoms with Crippen molar-refractivity contribution in [3.05, 3.63) is 53.1 Å². The average Bonchev–Trinajstić information content (AvgIpc) is 2.76. The molecule has 152 valence electrons. The Balaban J connectivity index is 1.55. The van der Waals surface area contributed by atoms with E-state index in [2.05, 4.69) is 23.3 Å². The van der Waals surface area contributed by atoms with Crippen LogP contribution in [0.3, 0.4) is 0 Å². The van der Waals surface area contributed by atoms with Gasteiger partial charge in [-0.1, -0.05) is 36.9 Å². The molecule has 1 aromatic heterocycles. The van der Waals surface area contributed by atoms with Crippen LogP contribution < -0.4 is 14.8 Å². The number of hydrogen-bond donors (Lipinski definition) is 1. The van der Waals surface area contributed by atoms with Crippen LogP contribution in [0.2, 0.25) is 0 Å². The number of ether oxygens (including phenoxy) is 2. The molecule has 0 saturated heterocycles. The Hall–Kier alpha value is -3.24. The van der Waals surface area contributed by atoms with Crippen molar-refractivity contribution in [3.8, 4) is 17.6 Å². The fraction of sp³-hybridized carbons (Fsp3) is 0.261. The number of amides is 1. The summed E-state index contributed by atoms with van der Waals surface area (Å²) in [4.78, 5) is 17.2. The molecule has 0 saturated carbocycles. The Morgan fingerprint density at radius 2 is 2.00 bits per heavy atom. The van der Waals surface area contributed by atoms with Gasteiger partial charge in [-0.3, -0.25) is 4.79 Å². The Kier molecular flexibility index (Phi) is 5.77. The minimum absolute atomic E-state index is 0.128. The summed E-state index contributed by atoms with van der Waals surface area (Å²) >= 11 is 1.25. The number of pyridine rings is 1. The predicted molar refractivity (Wildman–Crippen MR) is 117 cm³/mol. The number of benzene rings is 2. The lowest BCUT2D eigenvalue weighted by atomic mass is 10.1. The lowest BCUT2D eigenvalue weighted by Crippen LogP contribution is -2.16.